The quantitative estimate of drug-likeness (QED) is 0.717. The zero-order chi connectivity index (χ0) is 11.9. The number of nitrogens with zero attached hydrogens (tertiary/aromatic N) is 3. The number of rotatable bonds is 2. The molecule has 2 rings (SSSR count). The first-order chi connectivity index (χ1) is 7.57. The number of aryl methyl sites for hydroxylation is 3. The Morgan fingerprint density at radius 2 is 2.06 bits per heavy atom. The van der Waals surface area contributed by atoms with Crippen molar-refractivity contribution in [3.63, 3.8) is 0 Å². The number of ether oxygens (including phenoxy) is 1. The van der Waals surface area contributed by atoms with Crippen molar-refractivity contribution in [1.29, 1.82) is 0 Å². The maximum Gasteiger partial charge on any atom is 0.403 e. The molecule has 0 amide bonds. The molecule has 0 spiro atoms. The number of aromatic nitrogens is 3. The highest BCUT2D eigenvalue weighted by Gasteiger charge is 2.21. The first-order valence-corrected chi connectivity index (χ1v) is 5.51. The monoisotopic (exact) mass is 220 g/mol. The molecule has 0 N–H and O–H groups in total. The zero-order valence-corrected chi connectivity index (χ0v) is 10.5. The molecule has 16 heavy (non-hydrogen) atoms. The number of hydrogen-bond donors (Lipinski definition) is 0. The van der Waals surface area contributed by atoms with Crippen LogP contribution in [0.3, 0.4) is 0 Å². The average Bonchev–Trinajstić information content (AvgIpc) is 2.48. The molecular formula is C12H18N3O+. The van der Waals surface area contributed by atoms with Crippen LogP contribution in [0.25, 0.3) is 10.8 Å². The van der Waals surface area contributed by atoms with E-state index in [4.69, 9.17) is 4.74 Å². The molecule has 0 radical (unpaired) electrons. The van der Waals surface area contributed by atoms with E-state index in [1.807, 2.05) is 20.2 Å². The average molecular weight is 220 g/mol. The second-order valence-corrected chi connectivity index (χ2v) is 4.02. The third-order valence-corrected chi connectivity index (χ3v) is 3.18. The summed E-state index contributed by atoms with van der Waals surface area (Å²) in [5, 5.41) is 6.65. The van der Waals surface area contributed by atoms with Crippen molar-refractivity contribution in [2.75, 3.05) is 6.61 Å². The van der Waals surface area contributed by atoms with Crippen molar-refractivity contribution in [1.82, 2.24) is 9.67 Å². The van der Waals surface area contributed by atoms with Gasteiger partial charge in [0.1, 0.15) is 11.6 Å². The highest BCUT2D eigenvalue weighted by Crippen LogP contribution is 2.28. The summed E-state index contributed by atoms with van der Waals surface area (Å²) in [5.41, 5.74) is 2.44. The molecule has 0 aromatic carbocycles. The lowest BCUT2D eigenvalue weighted by Gasteiger charge is -2.01. The standard InChI is InChI=1S/C12H18N3O/c1-6-16-12-11-9(3)14(4)8(2)10(11)7-13-15(12)5/h7H,6H2,1-5H3/q+1. The van der Waals surface area contributed by atoms with E-state index in [-0.39, 0.29) is 0 Å². The summed E-state index contributed by atoms with van der Waals surface area (Å²) in [6.07, 6.45) is 1.90. The summed E-state index contributed by atoms with van der Waals surface area (Å²) >= 11 is 0. The van der Waals surface area contributed by atoms with E-state index in [9.17, 15) is 0 Å². The van der Waals surface area contributed by atoms with Crippen LogP contribution < -0.4 is 9.42 Å². The van der Waals surface area contributed by atoms with E-state index in [0.29, 0.717) is 6.61 Å². The maximum absolute atomic E-state index is 5.69. The predicted octanol–water partition coefficient (Wildman–Crippen LogP) is 1.41. The van der Waals surface area contributed by atoms with Crippen LogP contribution in [0.4, 0.5) is 0 Å². The van der Waals surface area contributed by atoms with Gasteiger partial charge in [-0.15, -0.1) is 0 Å². The van der Waals surface area contributed by atoms with Crippen molar-refractivity contribution in [2.24, 2.45) is 14.1 Å². The summed E-state index contributed by atoms with van der Waals surface area (Å²) in [7, 11) is 3.98. The zero-order valence-electron chi connectivity index (χ0n) is 10.5. The highest BCUT2D eigenvalue weighted by atomic mass is 16.5. The molecule has 0 aliphatic rings. The summed E-state index contributed by atoms with van der Waals surface area (Å²) in [4.78, 5) is 0. The van der Waals surface area contributed by atoms with E-state index in [1.165, 1.54) is 22.2 Å². The highest BCUT2D eigenvalue weighted by molar-refractivity contribution is 5.90. The minimum Gasteiger partial charge on any atom is -0.443 e. The summed E-state index contributed by atoms with van der Waals surface area (Å²) in [6, 6.07) is 0. The number of hydrogen-bond acceptors (Lipinski definition) is 2. The Kier molecular flexibility index (Phi) is 2.58. The first kappa shape index (κ1) is 10.9. The van der Waals surface area contributed by atoms with Crippen LogP contribution in [0.1, 0.15) is 18.3 Å². The molecule has 0 unspecified atom stereocenters. The Hall–Kier alpha value is -1.58. The molecule has 2 aromatic rings. The Morgan fingerprint density at radius 1 is 1.38 bits per heavy atom. The number of fused-ring (bicyclic) bond motifs is 1. The van der Waals surface area contributed by atoms with Gasteiger partial charge in [0.05, 0.1) is 6.61 Å². The minimum absolute atomic E-state index is 0.655. The van der Waals surface area contributed by atoms with E-state index in [2.05, 4.69) is 30.6 Å². The van der Waals surface area contributed by atoms with Gasteiger partial charge in [-0.05, 0) is 25.9 Å². The van der Waals surface area contributed by atoms with E-state index in [1.54, 1.807) is 4.68 Å². The summed E-state index contributed by atoms with van der Waals surface area (Å²) < 4.78 is 9.65. The van der Waals surface area contributed by atoms with Crippen LogP contribution in [0, 0.1) is 13.8 Å². The van der Waals surface area contributed by atoms with Crippen molar-refractivity contribution in [3.05, 3.63) is 17.6 Å². The smallest absolute Gasteiger partial charge is 0.403 e. The minimum atomic E-state index is 0.655. The topological polar surface area (TPSA) is 30.9 Å². The normalized spacial score (nSPS) is 11.1. The van der Waals surface area contributed by atoms with Crippen molar-refractivity contribution in [3.8, 4) is 5.88 Å². The molecule has 0 aliphatic carbocycles. The molecule has 2 aromatic heterocycles. The molecular weight excluding hydrogens is 202 g/mol. The van der Waals surface area contributed by atoms with Gasteiger partial charge in [0.2, 0.25) is 0 Å². The van der Waals surface area contributed by atoms with Crippen LogP contribution in [-0.4, -0.2) is 16.3 Å². The molecule has 0 atom stereocenters. The molecule has 0 saturated heterocycles. The molecule has 0 saturated carbocycles. The molecule has 0 fully saturated rings. The largest absolute Gasteiger partial charge is 0.443 e. The SMILES string of the molecule is CCOc1c2c(C)n(C)c(C)c2cn[n+]1C. The van der Waals surface area contributed by atoms with Crippen molar-refractivity contribution in [2.45, 2.75) is 20.8 Å². The van der Waals surface area contributed by atoms with Crippen molar-refractivity contribution >= 4 is 10.8 Å². The predicted molar refractivity (Wildman–Crippen MR) is 62.5 cm³/mol. The molecule has 0 aliphatic heterocycles. The fourth-order valence-corrected chi connectivity index (χ4v) is 2.06. The molecule has 0 bridgehead atoms. The van der Waals surface area contributed by atoms with E-state index >= 15 is 0 Å². The third-order valence-electron chi connectivity index (χ3n) is 3.18. The van der Waals surface area contributed by atoms with Crippen LogP contribution in [-0.2, 0) is 14.1 Å². The summed E-state index contributed by atoms with van der Waals surface area (Å²) in [5.74, 6) is 0.848. The Balaban J connectivity index is 2.86. The van der Waals surface area contributed by atoms with Crippen LogP contribution in [0.2, 0.25) is 0 Å². The lowest BCUT2D eigenvalue weighted by molar-refractivity contribution is -0.733. The van der Waals surface area contributed by atoms with Gasteiger partial charge in [-0.2, -0.15) is 0 Å². The third kappa shape index (κ3) is 1.37. The lowest BCUT2D eigenvalue weighted by Crippen LogP contribution is -2.35. The van der Waals surface area contributed by atoms with Crippen LogP contribution >= 0.6 is 0 Å². The molecule has 4 nitrogen and oxygen atoms in total. The lowest BCUT2D eigenvalue weighted by atomic mass is 10.2. The van der Waals surface area contributed by atoms with E-state index < -0.39 is 0 Å². The van der Waals surface area contributed by atoms with Gasteiger partial charge in [0.15, 0.2) is 7.05 Å². The van der Waals surface area contributed by atoms with Crippen molar-refractivity contribution < 1.29 is 9.42 Å². The molecule has 2 heterocycles. The molecule has 86 valence electrons. The van der Waals surface area contributed by atoms with Gasteiger partial charge < -0.3 is 9.30 Å². The van der Waals surface area contributed by atoms with Gasteiger partial charge >= 0.3 is 5.88 Å². The van der Waals surface area contributed by atoms with Gasteiger partial charge in [-0.1, -0.05) is 4.68 Å². The van der Waals surface area contributed by atoms with Gasteiger partial charge in [0, 0.05) is 23.8 Å². The fourth-order valence-electron chi connectivity index (χ4n) is 2.06. The summed E-state index contributed by atoms with van der Waals surface area (Å²) in [6.45, 7) is 6.86. The van der Waals surface area contributed by atoms with Gasteiger partial charge in [-0.25, -0.2) is 0 Å². The second kappa shape index (κ2) is 3.77. The van der Waals surface area contributed by atoms with Crippen LogP contribution in [0.15, 0.2) is 6.20 Å². The first-order valence-electron chi connectivity index (χ1n) is 5.51. The molecule has 4 heteroatoms. The van der Waals surface area contributed by atoms with Gasteiger partial charge in [0.25, 0.3) is 0 Å². The maximum atomic E-state index is 5.69. The Morgan fingerprint density at radius 3 is 2.69 bits per heavy atom. The fraction of sp³-hybridized carbons (Fsp3) is 0.500. The Labute approximate surface area is 95.5 Å². The van der Waals surface area contributed by atoms with Crippen LogP contribution in [0.5, 0.6) is 5.88 Å². The second-order valence-electron chi connectivity index (χ2n) is 4.02. The Bertz CT molecular complexity index is 543. The van der Waals surface area contributed by atoms with E-state index in [0.717, 1.165) is 5.88 Å². The van der Waals surface area contributed by atoms with Gasteiger partial charge in [-0.3, -0.25) is 0 Å².